The van der Waals surface area contributed by atoms with Crippen LogP contribution in [-0.4, -0.2) is 48.8 Å². The van der Waals surface area contributed by atoms with E-state index in [1.54, 1.807) is 24.3 Å². The number of benzene rings is 1. The minimum atomic E-state index is -3.56. The number of nitrogens with one attached hydrogen (secondary N) is 1. The number of rotatable bonds is 5. The number of fused-ring (bicyclic) bond motifs is 1. The summed E-state index contributed by atoms with van der Waals surface area (Å²) in [4.78, 5) is 7.65. The largest absolute Gasteiger partial charge is 0.332 e. The zero-order valence-electron chi connectivity index (χ0n) is 18.5. The van der Waals surface area contributed by atoms with Gasteiger partial charge >= 0.3 is 0 Å². The molecule has 160 valence electrons. The molecule has 7 heteroatoms. The minimum Gasteiger partial charge on any atom is -0.332 e. The van der Waals surface area contributed by atoms with Gasteiger partial charge < -0.3 is 4.90 Å². The Balaban J connectivity index is 1.98. The van der Waals surface area contributed by atoms with E-state index in [1.165, 1.54) is 11.3 Å². The maximum absolute atomic E-state index is 12.9. The van der Waals surface area contributed by atoms with Crippen molar-refractivity contribution in [2.24, 2.45) is 10.4 Å². The summed E-state index contributed by atoms with van der Waals surface area (Å²) in [6, 6.07) is 8.50. The Kier molecular flexibility index (Phi) is 5.98. The number of thioether (sulfide) groups is 1. The van der Waals surface area contributed by atoms with Gasteiger partial charge in [-0.1, -0.05) is 39.0 Å². The summed E-state index contributed by atoms with van der Waals surface area (Å²) in [5.74, 6) is 1.04. The van der Waals surface area contributed by atoms with Gasteiger partial charge in [-0.3, -0.25) is 4.99 Å². The third-order valence-electron chi connectivity index (χ3n) is 5.67. The Morgan fingerprint density at radius 3 is 2.31 bits per heavy atom. The normalized spacial score (nSPS) is 23.3. The van der Waals surface area contributed by atoms with Crippen LogP contribution in [0.3, 0.4) is 0 Å². The molecule has 2 aliphatic heterocycles. The summed E-state index contributed by atoms with van der Waals surface area (Å²) >= 11 is 1.81. The number of sulfonamides is 1. The molecule has 1 aromatic carbocycles. The average molecular weight is 436 g/mol. The molecule has 0 aromatic heterocycles. The van der Waals surface area contributed by atoms with Gasteiger partial charge in [-0.25, -0.2) is 13.1 Å². The first-order valence-corrected chi connectivity index (χ1v) is 12.8. The molecular formula is C22H33N3O2S2. The second-order valence-corrected chi connectivity index (χ2v) is 12.5. The third kappa shape index (κ3) is 4.42. The van der Waals surface area contributed by atoms with Gasteiger partial charge in [-0.05, 0) is 44.7 Å². The van der Waals surface area contributed by atoms with Crippen LogP contribution in [0.5, 0.6) is 0 Å². The summed E-state index contributed by atoms with van der Waals surface area (Å²) in [5.41, 5.74) is 2.43. The summed E-state index contributed by atoms with van der Waals surface area (Å²) in [5, 5.41) is 0. The summed E-state index contributed by atoms with van der Waals surface area (Å²) in [6.07, 6.45) is 2.81. The van der Waals surface area contributed by atoms with Gasteiger partial charge in [0.15, 0.2) is 0 Å². The lowest BCUT2D eigenvalue weighted by atomic mass is 9.87. The standard InChI is InChI=1S/C22H33N3O2S2/c1-15-19(22(5,6)28-7)18-13-16(14-25(18)20(23-15)21(2,3)4)24-29(26,27)17-11-9-8-10-12-17/h8-12,15-16,24H,13-14H2,1-7H3/t15-,16?/m0/s1. The van der Waals surface area contributed by atoms with Crippen molar-refractivity contribution in [3.63, 3.8) is 0 Å². The van der Waals surface area contributed by atoms with E-state index in [9.17, 15) is 8.42 Å². The first-order chi connectivity index (χ1) is 13.4. The lowest BCUT2D eigenvalue weighted by molar-refractivity contribution is 0.430. The molecule has 3 rings (SSSR count). The molecule has 2 aliphatic rings. The average Bonchev–Trinajstić information content (AvgIpc) is 3.02. The molecule has 0 bridgehead atoms. The molecule has 0 spiro atoms. The van der Waals surface area contributed by atoms with Gasteiger partial charge in [0.05, 0.1) is 10.9 Å². The number of hydrogen-bond acceptors (Lipinski definition) is 5. The summed E-state index contributed by atoms with van der Waals surface area (Å²) in [6.45, 7) is 13.7. The second kappa shape index (κ2) is 7.75. The van der Waals surface area contributed by atoms with E-state index in [2.05, 4.69) is 57.4 Å². The molecule has 0 amide bonds. The van der Waals surface area contributed by atoms with Crippen LogP contribution >= 0.6 is 11.8 Å². The van der Waals surface area contributed by atoms with Crippen molar-refractivity contribution in [2.75, 3.05) is 12.8 Å². The van der Waals surface area contributed by atoms with Crippen LogP contribution in [0.2, 0.25) is 0 Å². The van der Waals surface area contributed by atoms with Crippen molar-refractivity contribution < 1.29 is 8.42 Å². The van der Waals surface area contributed by atoms with Crippen LogP contribution < -0.4 is 4.72 Å². The third-order valence-corrected chi connectivity index (χ3v) is 8.45. The van der Waals surface area contributed by atoms with Crippen molar-refractivity contribution in [1.29, 1.82) is 0 Å². The van der Waals surface area contributed by atoms with Crippen LogP contribution in [0.15, 0.2) is 51.5 Å². The predicted molar refractivity (Wildman–Crippen MR) is 123 cm³/mol. The molecule has 2 heterocycles. The quantitative estimate of drug-likeness (QED) is 0.750. The Bertz CT molecular complexity index is 929. The Labute approximate surface area is 180 Å². The lowest BCUT2D eigenvalue weighted by Crippen LogP contribution is -2.45. The molecular weight excluding hydrogens is 402 g/mol. The maximum atomic E-state index is 12.9. The fourth-order valence-corrected chi connectivity index (χ4v) is 6.05. The smallest absolute Gasteiger partial charge is 0.240 e. The van der Waals surface area contributed by atoms with E-state index in [1.807, 2.05) is 17.8 Å². The van der Waals surface area contributed by atoms with Crippen molar-refractivity contribution >= 4 is 27.6 Å². The molecule has 1 N–H and O–H groups in total. The molecule has 5 nitrogen and oxygen atoms in total. The van der Waals surface area contributed by atoms with Crippen LogP contribution in [0.25, 0.3) is 0 Å². The molecule has 1 fully saturated rings. The molecule has 1 aromatic rings. The molecule has 29 heavy (non-hydrogen) atoms. The number of aliphatic imine (C=N–C) groups is 1. The summed E-state index contributed by atoms with van der Waals surface area (Å²) < 4.78 is 28.7. The maximum Gasteiger partial charge on any atom is 0.240 e. The molecule has 2 atom stereocenters. The van der Waals surface area contributed by atoms with Gasteiger partial charge in [-0.2, -0.15) is 11.8 Å². The highest BCUT2D eigenvalue weighted by Gasteiger charge is 2.44. The van der Waals surface area contributed by atoms with E-state index >= 15 is 0 Å². The minimum absolute atomic E-state index is 0.0624. The fourth-order valence-electron chi connectivity index (χ4n) is 4.29. The molecule has 0 saturated carbocycles. The van der Waals surface area contributed by atoms with Gasteiger partial charge in [0.25, 0.3) is 0 Å². The number of amidine groups is 1. The zero-order valence-corrected chi connectivity index (χ0v) is 20.1. The first kappa shape index (κ1) is 22.4. The van der Waals surface area contributed by atoms with Gasteiger partial charge in [0, 0.05) is 34.9 Å². The highest BCUT2D eigenvalue weighted by molar-refractivity contribution is 8.00. The number of nitrogens with zero attached hydrogens (tertiary/aromatic N) is 2. The SMILES string of the molecule is CSC(C)(C)C1=C2CC(NS(=O)(=O)c3ccccc3)CN2C(C(C)(C)C)=N[C@H]1C. The summed E-state index contributed by atoms with van der Waals surface area (Å²) in [7, 11) is -3.56. The van der Waals surface area contributed by atoms with Gasteiger partial charge in [0.2, 0.25) is 10.0 Å². The van der Waals surface area contributed by atoms with E-state index in [-0.39, 0.29) is 22.2 Å². The molecule has 1 saturated heterocycles. The van der Waals surface area contributed by atoms with E-state index in [4.69, 9.17) is 4.99 Å². The van der Waals surface area contributed by atoms with E-state index in [0.29, 0.717) is 17.9 Å². The highest BCUT2D eigenvalue weighted by Crippen LogP contribution is 2.44. The molecule has 0 radical (unpaired) electrons. The number of hydrogen-bond donors (Lipinski definition) is 1. The molecule has 0 aliphatic carbocycles. The predicted octanol–water partition coefficient (Wildman–Crippen LogP) is 4.28. The van der Waals surface area contributed by atoms with Gasteiger partial charge in [0.1, 0.15) is 5.84 Å². The van der Waals surface area contributed by atoms with Crippen molar-refractivity contribution in [1.82, 2.24) is 9.62 Å². The Morgan fingerprint density at radius 2 is 1.76 bits per heavy atom. The first-order valence-electron chi connectivity index (χ1n) is 10.1. The van der Waals surface area contributed by atoms with Crippen LogP contribution in [0, 0.1) is 5.41 Å². The van der Waals surface area contributed by atoms with Crippen molar-refractivity contribution in [3.8, 4) is 0 Å². The van der Waals surface area contributed by atoms with Crippen LogP contribution in [0.4, 0.5) is 0 Å². The Hall–Kier alpha value is -1.31. The Morgan fingerprint density at radius 1 is 1.14 bits per heavy atom. The van der Waals surface area contributed by atoms with Crippen LogP contribution in [-0.2, 0) is 10.0 Å². The van der Waals surface area contributed by atoms with Crippen LogP contribution in [0.1, 0.15) is 48.0 Å². The topological polar surface area (TPSA) is 61.8 Å². The fraction of sp³-hybridized carbons (Fsp3) is 0.591. The van der Waals surface area contributed by atoms with Crippen molar-refractivity contribution in [2.45, 2.75) is 69.7 Å². The van der Waals surface area contributed by atoms with E-state index < -0.39 is 10.0 Å². The highest BCUT2D eigenvalue weighted by atomic mass is 32.2. The molecule has 1 unspecified atom stereocenters. The zero-order chi connectivity index (χ0) is 21.6. The van der Waals surface area contributed by atoms with Gasteiger partial charge in [-0.15, -0.1) is 0 Å². The lowest BCUT2D eigenvalue weighted by Gasteiger charge is -2.41. The second-order valence-electron chi connectivity index (χ2n) is 9.40. The monoisotopic (exact) mass is 435 g/mol. The van der Waals surface area contributed by atoms with Crippen molar-refractivity contribution in [3.05, 3.63) is 41.6 Å². The van der Waals surface area contributed by atoms with E-state index in [0.717, 1.165) is 5.84 Å².